The van der Waals surface area contributed by atoms with Crippen LogP contribution in [0.25, 0.3) is 0 Å². The van der Waals surface area contributed by atoms with Gasteiger partial charge >= 0.3 is 0 Å². The number of fused-ring (bicyclic) bond motifs is 1. The van der Waals surface area contributed by atoms with Crippen molar-refractivity contribution in [2.24, 2.45) is 0 Å². The number of rotatable bonds is 3. The first kappa shape index (κ1) is 13.8. The van der Waals surface area contributed by atoms with Crippen molar-refractivity contribution in [1.29, 1.82) is 0 Å². The van der Waals surface area contributed by atoms with Gasteiger partial charge in [-0.25, -0.2) is 0 Å². The maximum absolute atomic E-state index is 12.1. The van der Waals surface area contributed by atoms with Gasteiger partial charge < -0.3 is 15.4 Å². The van der Waals surface area contributed by atoms with Gasteiger partial charge in [0.1, 0.15) is 11.8 Å². The van der Waals surface area contributed by atoms with E-state index in [0.29, 0.717) is 10.8 Å². The smallest absolute Gasteiger partial charge is 0.251 e. The van der Waals surface area contributed by atoms with Gasteiger partial charge in [0.05, 0.1) is 12.1 Å². The van der Waals surface area contributed by atoms with Crippen molar-refractivity contribution in [3.05, 3.63) is 52.5 Å². The molecule has 4 nitrogen and oxygen atoms in total. The lowest BCUT2D eigenvalue weighted by Gasteiger charge is -2.14. The number of hydrogen-bond acceptors (Lipinski definition) is 3. The molecule has 21 heavy (non-hydrogen) atoms. The Morgan fingerprint density at radius 3 is 2.76 bits per heavy atom. The fourth-order valence-electron chi connectivity index (χ4n) is 2.45. The van der Waals surface area contributed by atoms with Crippen molar-refractivity contribution in [2.75, 3.05) is 17.7 Å². The first-order valence-electron chi connectivity index (χ1n) is 6.60. The summed E-state index contributed by atoms with van der Waals surface area (Å²) in [5.41, 5.74) is 3.69. The molecule has 1 unspecified atom stereocenters. The van der Waals surface area contributed by atoms with E-state index in [-0.39, 0.29) is 5.91 Å². The average Bonchev–Trinajstić information content (AvgIpc) is 2.75. The van der Waals surface area contributed by atoms with Gasteiger partial charge in [0.2, 0.25) is 0 Å². The summed E-state index contributed by atoms with van der Waals surface area (Å²) in [6, 6.07) is 10.9. The van der Waals surface area contributed by atoms with Crippen LogP contribution in [0.3, 0.4) is 0 Å². The molecule has 0 spiro atoms. The number of aryl methyl sites for hydroxylation is 1. The highest BCUT2D eigenvalue weighted by Crippen LogP contribution is 2.35. The Bertz CT molecular complexity index is 715. The van der Waals surface area contributed by atoms with Crippen LogP contribution in [0.2, 0.25) is 5.02 Å². The minimum Gasteiger partial charge on any atom is -0.495 e. The molecule has 2 aromatic rings. The lowest BCUT2D eigenvalue weighted by molar-refractivity contribution is -0.116. The van der Waals surface area contributed by atoms with Crippen LogP contribution in [0.15, 0.2) is 36.4 Å². The zero-order valence-electron chi connectivity index (χ0n) is 11.7. The molecule has 0 saturated heterocycles. The maximum atomic E-state index is 12.1. The Morgan fingerprint density at radius 1 is 1.24 bits per heavy atom. The molecule has 0 bridgehead atoms. The number of halogens is 1. The minimum absolute atomic E-state index is 0.0671. The zero-order valence-corrected chi connectivity index (χ0v) is 12.5. The van der Waals surface area contributed by atoms with Crippen LogP contribution in [-0.2, 0) is 4.79 Å². The lowest BCUT2D eigenvalue weighted by Crippen LogP contribution is -2.19. The SMILES string of the molecule is COc1ccc(NC2C(=O)Nc3ccc(C)cc32)cc1Cl. The summed E-state index contributed by atoms with van der Waals surface area (Å²) in [5, 5.41) is 6.59. The second-order valence-corrected chi connectivity index (χ2v) is 5.41. The van der Waals surface area contributed by atoms with E-state index in [1.807, 2.05) is 31.2 Å². The lowest BCUT2D eigenvalue weighted by atomic mass is 10.1. The summed E-state index contributed by atoms with van der Waals surface area (Å²) < 4.78 is 5.12. The molecule has 1 aliphatic heterocycles. The number of methoxy groups -OCH3 is 1. The van der Waals surface area contributed by atoms with Crippen molar-refractivity contribution in [2.45, 2.75) is 13.0 Å². The van der Waals surface area contributed by atoms with Gasteiger partial charge in [-0.1, -0.05) is 29.3 Å². The topological polar surface area (TPSA) is 50.4 Å². The number of amides is 1. The van der Waals surface area contributed by atoms with E-state index in [1.54, 1.807) is 19.2 Å². The van der Waals surface area contributed by atoms with E-state index in [1.165, 1.54) is 0 Å². The second-order valence-electron chi connectivity index (χ2n) is 5.01. The first-order chi connectivity index (χ1) is 10.1. The molecule has 0 radical (unpaired) electrons. The maximum Gasteiger partial charge on any atom is 0.251 e. The van der Waals surface area contributed by atoms with E-state index in [0.717, 1.165) is 22.5 Å². The molecule has 0 saturated carbocycles. The van der Waals surface area contributed by atoms with Crippen molar-refractivity contribution in [3.63, 3.8) is 0 Å². The third-order valence-corrected chi connectivity index (χ3v) is 3.80. The largest absolute Gasteiger partial charge is 0.495 e. The van der Waals surface area contributed by atoms with Gasteiger partial charge in [-0.15, -0.1) is 0 Å². The molecule has 1 heterocycles. The number of nitrogens with one attached hydrogen (secondary N) is 2. The van der Waals surface area contributed by atoms with Gasteiger partial charge in [-0.05, 0) is 31.2 Å². The molecule has 0 aromatic heterocycles. The quantitative estimate of drug-likeness (QED) is 0.907. The summed E-state index contributed by atoms with van der Waals surface area (Å²) in [6.07, 6.45) is 0. The Morgan fingerprint density at radius 2 is 2.05 bits per heavy atom. The average molecular weight is 303 g/mol. The monoisotopic (exact) mass is 302 g/mol. The van der Waals surface area contributed by atoms with Crippen molar-refractivity contribution in [3.8, 4) is 5.75 Å². The molecule has 1 atom stereocenters. The van der Waals surface area contributed by atoms with E-state index < -0.39 is 6.04 Å². The molecule has 1 amide bonds. The van der Waals surface area contributed by atoms with E-state index >= 15 is 0 Å². The van der Waals surface area contributed by atoms with Crippen molar-refractivity contribution >= 4 is 28.9 Å². The number of carbonyl (C=O) groups excluding carboxylic acids is 1. The molecule has 3 rings (SSSR count). The van der Waals surface area contributed by atoms with Crippen LogP contribution in [0.4, 0.5) is 11.4 Å². The molecule has 0 aliphatic carbocycles. The first-order valence-corrected chi connectivity index (χ1v) is 6.98. The number of hydrogen-bond donors (Lipinski definition) is 2. The Balaban J connectivity index is 1.90. The number of benzene rings is 2. The van der Waals surface area contributed by atoms with Gasteiger partial charge in [0, 0.05) is 16.9 Å². The fourth-order valence-corrected chi connectivity index (χ4v) is 2.70. The summed E-state index contributed by atoms with van der Waals surface area (Å²) >= 11 is 6.11. The van der Waals surface area contributed by atoms with Crippen LogP contribution in [0.5, 0.6) is 5.75 Å². The minimum atomic E-state index is -0.413. The van der Waals surface area contributed by atoms with Crippen LogP contribution >= 0.6 is 11.6 Å². The van der Waals surface area contributed by atoms with Gasteiger partial charge in [0.15, 0.2) is 0 Å². The van der Waals surface area contributed by atoms with Crippen LogP contribution in [-0.4, -0.2) is 13.0 Å². The molecular weight excluding hydrogens is 288 g/mol. The Labute approximate surface area is 128 Å². The highest BCUT2D eigenvalue weighted by atomic mass is 35.5. The van der Waals surface area contributed by atoms with Crippen LogP contribution < -0.4 is 15.4 Å². The summed E-state index contributed by atoms with van der Waals surface area (Å²) in [6.45, 7) is 2.00. The molecule has 5 heteroatoms. The molecule has 2 aromatic carbocycles. The standard InChI is InChI=1S/C16H15ClN2O2/c1-9-3-5-13-11(7-9)15(16(20)19-13)18-10-4-6-14(21-2)12(17)8-10/h3-8,15,18H,1-2H3,(H,19,20). The third-order valence-electron chi connectivity index (χ3n) is 3.50. The summed E-state index contributed by atoms with van der Waals surface area (Å²) in [7, 11) is 1.57. The van der Waals surface area contributed by atoms with E-state index in [2.05, 4.69) is 10.6 Å². The molecule has 108 valence electrons. The van der Waals surface area contributed by atoms with Crippen LogP contribution in [0.1, 0.15) is 17.2 Å². The molecule has 1 aliphatic rings. The van der Waals surface area contributed by atoms with Crippen molar-refractivity contribution in [1.82, 2.24) is 0 Å². The number of ether oxygens (including phenoxy) is 1. The van der Waals surface area contributed by atoms with Crippen LogP contribution in [0, 0.1) is 6.92 Å². The number of anilines is 2. The van der Waals surface area contributed by atoms with Gasteiger partial charge in [-0.3, -0.25) is 4.79 Å². The second kappa shape index (κ2) is 5.30. The van der Waals surface area contributed by atoms with E-state index in [9.17, 15) is 4.79 Å². The normalized spacial score (nSPS) is 16.3. The Hall–Kier alpha value is -2.20. The highest BCUT2D eigenvalue weighted by molar-refractivity contribution is 6.32. The zero-order chi connectivity index (χ0) is 15.0. The number of carbonyl (C=O) groups is 1. The molecule has 0 fully saturated rings. The molecular formula is C16H15ClN2O2. The van der Waals surface area contributed by atoms with Crippen molar-refractivity contribution < 1.29 is 9.53 Å². The summed E-state index contributed by atoms with van der Waals surface area (Å²) in [5.74, 6) is 0.539. The Kier molecular flexibility index (Phi) is 3.47. The van der Waals surface area contributed by atoms with Gasteiger partial charge in [0.25, 0.3) is 5.91 Å². The third kappa shape index (κ3) is 2.54. The highest BCUT2D eigenvalue weighted by Gasteiger charge is 2.30. The summed E-state index contributed by atoms with van der Waals surface area (Å²) in [4.78, 5) is 12.1. The fraction of sp³-hybridized carbons (Fsp3) is 0.188. The predicted molar refractivity (Wildman–Crippen MR) is 84.2 cm³/mol. The van der Waals surface area contributed by atoms with E-state index in [4.69, 9.17) is 16.3 Å². The molecule has 2 N–H and O–H groups in total. The predicted octanol–water partition coefficient (Wildman–Crippen LogP) is 3.76. The van der Waals surface area contributed by atoms with Gasteiger partial charge in [-0.2, -0.15) is 0 Å².